The molecule has 0 bridgehead atoms. The summed E-state index contributed by atoms with van der Waals surface area (Å²) in [5.41, 5.74) is 6.06. The minimum atomic E-state index is -1.10. The molecular weight excluding hydrogens is 559 g/mol. The predicted octanol–water partition coefficient (Wildman–Crippen LogP) is 7.38. The maximum atomic E-state index is 13.8. The average molecular weight is 603 g/mol. The Kier molecular flexibility index (Phi) is 13.3. The molecule has 8 heteroatoms. The number of hydrogen-bond donors (Lipinski definition) is 4. The molecule has 0 spiro atoms. The number of carbonyl (C=O) groups excluding carboxylic acids is 1. The summed E-state index contributed by atoms with van der Waals surface area (Å²) in [6.45, 7) is 4.66. The van der Waals surface area contributed by atoms with E-state index >= 15 is 0 Å². The lowest BCUT2D eigenvalue weighted by atomic mass is 9.96. The van der Waals surface area contributed by atoms with Gasteiger partial charge in [0.05, 0.1) is 24.3 Å². The summed E-state index contributed by atoms with van der Waals surface area (Å²) in [4.78, 5) is 23.1. The van der Waals surface area contributed by atoms with Crippen LogP contribution in [0.15, 0.2) is 84.9 Å². The molecule has 0 saturated heterocycles. The largest absolute Gasteiger partial charge is 0.481 e. The van der Waals surface area contributed by atoms with Crippen LogP contribution >= 0.6 is 0 Å². The van der Waals surface area contributed by atoms with Gasteiger partial charge in [-0.1, -0.05) is 62.4 Å². The zero-order chi connectivity index (χ0) is 32.1. The molecule has 3 aromatic carbocycles. The molecule has 234 valence electrons. The molecule has 0 radical (unpaired) electrons. The molecular formula is C36H43FN2O5. The van der Waals surface area contributed by atoms with Crippen molar-refractivity contribution in [3.63, 3.8) is 0 Å². The third-order valence-corrected chi connectivity index (χ3v) is 7.37. The Labute approximate surface area is 259 Å². The number of para-hydroxylation sites is 1. The van der Waals surface area contributed by atoms with E-state index in [1.165, 1.54) is 12.1 Å². The van der Waals surface area contributed by atoms with Gasteiger partial charge >= 0.3 is 5.97 Å². The van der Waals surface area contributed by atoms with Crippen molar-refractivity contribution in [1.29, 1.82) is 0 Å². The van der Waals surface area contributed by atoms with Crippen LogP contribution in [0.4, 0.5) is 10.1 Å². The molecule has 1 aromatic heterocycles. The number of carbonyl (C=O) groups is 2. The average Bonchev–Trinajstić information content (AvgIpc) is 3.35. The topological polar surface area (TPSA) is 112 Å². The van der Waals surface area contributed by atoms with Crippen molar-refractivity contribution in [3.05, 3.63) is 102 Å². The number of carboxylic acid groups (broad SMARTS) is 1. The Balaban J connectivity index is 0.000000572. The van der Waals surface area contributed by atoms with Crippen LogP contribution < -0.4 is 5.32 Å². The van der Waals surface area contributed by atoms with Crippen molar-refractivity contribution in [1.82, 2.24) is 4.57 Å². The second kappa shape index (κ2) is 17.1. The van der Waals surface area contributed by atoms with Crippen LogP contribution in [0.3, 0.4) is 0 Å². The fourth-order valence-corrected chi connectivity index (χ4v) is 5.41. The summed E-state index contributed by atoms with van der Waals surface area (Å²) in [7, 11) is 1.91. The molecule has 0 aliphatic carbocycles. The first-order valence-corrected chi connectivity index (χ1v) is 15.0. The number of halogens is 1. The molecule has 2 unspecified atom stereocenters. The maximum absolute atomic E-state index is 13.8. The summed E-state index contributed by atoms with van der Waals surface area (Å²) in [6.07, 6.45) is 0.412. The van der Waals surface area contributed by atoms with E-state index in [1.807, 2.05) is 81.6 Å². The van der Waals surface area contributed by atoms with Crippen LogP contribution in [-0.4, -0.2) is 51.4 Å². The highest BCUT2D eigenvalue weighted by Crippen LogP contribution is 2.41. The number of hydrogen-bond acceptors (Lipinski definition) is 5. The Hall–Kier alpha value is -4.27. The van der Waals surface area contributed by atoms with Gasteiger partial charge in [-0.25, -0.2) is 4.39 Å². The van der Waals surface area contributed by atoms with Crippen molar-refractivity contribution in [2.24, 2.45) is 0 Å². The van der Waals surface area contributed by atoms with Crippen LogP contribution in [0.5, 0.6) is 0 Å². The second-order valence-corrected chi connectivity index (χ2v) is 11.1. The van der Waals surface area contributed by atoms with Crippen LogP contribution in [0, 0.1) is 5.82 Å². The highest BCUT2D eigenvalue weighted by atomic mass is 19.1. The van der Waals surface area contributed by atoms with E-state index in [1.54, 1.807) is 12.1 Å². The van der Waals surface area contributed by atoms with E-state index in [-0.39, 0.29) is 18.2 Å². The van der Waals surface area contributed by atoms with E-state index in [0.29, 0.717) is 31.4 Å². The molecule has 4 rings (SSSR count). The molecule has 0 fully saturated rings. The van der Waals surface area contributed by atoms with E-state index in [4.69, 9.17) is 5.11 Å². The van der Waals surface area contributed by atoms with Crippen molar-refractivity contribution in [2.75, 3.05) is 12.4 Å². The Morgan fingerprint density at radius 1 is 0.886 bits per heavy atom. The third-order valence-electron chi connectivity index (χ3n) is 7.37. The van der Waals surface area contributed by atoms with Gasteiger partial charge in [-0.15, -0.1) is 0 Å². The van der Waals surface area contributed by atoms with Crippen molar-refractivity contribution >= 4 is 17.9 Å². The number of aliphatic hydroxyl groups is 2. The summed E-state index contributed by atoms with van der Waals surface area (Å²) in [5, 5.41) is 31.8. The minimum absolute atomic E-state index is 0.0152. The summed E-state index contributed by atoms with van der Waals surface area (Å²) < 4.78 is 15.9. The third kappa shape index (κ3) is 9.62. The fourth-order valence-electron chi connectivity index (χ4n) is 5.41. The lowest BCUT2D eigenvalue weighted by Gasteiger charge is -2.18. The molecule has 0 amide bonds. The highest BCUT2D eigenvalue weighted by molar-refractivity contribution is 5.97. The number of unbranched alkanes of at least 4 members (excludes halogenated alkanes) is 1. The number of anilines is 1. The fraction of sp³-hybridized carbons (Fsp3) is 0.333. The maximum Gasteiger partial charge on any atom is 0.305 e. The van der Waals surface area contributed by atoms with Gasteiger partial charge in [-0.2, -0.15) is 0 Å². The first-order valence-electron chi connectivity index (χ1n) is 15.0. The van der Waals surface area contributed by atoms with Crippen molar-refractivity contribution in [2.45, 2.75) is 70.6 Å². The zero-order valence-electron chi connectivity index (χ0n) is 25.6. The van der Waals surface area contributed by atoms with Crippen LogP contribution in [0.2, 0.25) is 0 Å². The normalized spacial score (nSPS) is 12.2. The Bertz CT molecular complexity index is 1450. The first kappa shape index (κ1) is 34.2. The summed E-state index contributed by atoms with van der Waals surface area (Å²) in [6, 6.07) is 26.0. The van der Waals surface area contributed by atoms with Crippen LogP contribution in [0.1, 0.15) is 67.9 Å². The van der Waals surface area contributed by atoms with Gasteiger partial charge in [0.15, 0.2) is 6.29 Å². The van der Waals surface area contributed by atoms with Gasteiger partial charge in [0.25, 0.3) is 0 Å². The van der Waals surface area contributed by atoms with E-state index in [9.17, 15) is 24.2 Å². The molecule has 4 N–H and O–H groups in total. The van der Waals surface area contributed by atoms with Gasteiger partial charge in [0, 0.05) is 36.1 Å². The summed E-state index contributed by atoms with van der Waals surface area (Å²) >= 11 is 0. The molecule has 2 atom stereocenters. The number of nitrogens with one attached hydrogen (secondary N) is 1. The lowest BCUT2D eigenvalue weighted by molar-refractivity contribution is -0.139. The first-order chi connectivity index (χ1) is 21.2. The monoisotopic (exact) mass is 602 g/mol. The number of aliphatic hydroxyl groups excluding tert-OH is 2. The molecule has 0 aliphatic rings. The van der Waals surface area contributed by atoms with Gasteiger partial charge < -0.3 is 25.2 Å². The van der Waals surface area contributed by atoms with Crippen molar-refractivity contribution < 1.29 is 29.3 Å². The molecule has 44 heavy (non-hydrogen) atoms. The molecule has 0 aliphatic heterocycles. The zero-order valence-corrected chi connectivity index (χ0v) is 25.6. The van der Waals surface area contributed by atoms with Gasteiger partial charge in [0.2, 0.25) is 0 Å². The Morgan fingerprint density at radius 3 is 2.02 bits per heavy atom. The number of benzene rings is 3. The number of carboxylic acids is 1. The van der Waals surface area contributed by atoms with E-state index in [0.717, 1.165) is 40.1 Å². The van der Waals surface area contributed by atoms with Gasteiger partial charge in [-0.05, 0) is 79.1 Å². The number of rotatable bonds is 14. The van der Waals surface area contributed by atoms with Gasteiger partial charge in [-0.3, -0.25) is 9.59 Å². The number of aldehydes is 1. The number of aliphatic carboxylic acids is 1. The standard InChI is InChI=1S/C29H34FNO5.C7H9N/c1-19(2)28-25(18-32)27(20-8-4-3-5-9-20)29(21-11-13-22(30)14-12-21)31(28)15-7-6-10-23(33)16-24(34)17-26(35)36;1-8-7-5-3-2-4-6-7/h3-5,8-9,11-14,18-19,23-24,33-34H,6-7,10,15-17H2,1-2H3,(H,35,36);2-6,8H,1H3. The predicted molar refractivity (Wildman–Crippen MR) is 173 cm³/mol. The quantitative estimate of drug-likeness (QED) is 0.0885. The molecule has 7 nitrogen and oxygen atoms in total. The SMILES string of the molecule is CC(C)c1c(C=O)c(-c2ccccc2)c(-c2ccc(F)cc2)n1CCCCC(O)CC(O)CC(=O)O.CNc1ccccc1. The number of nitrogens with zero attached hydrogens (tertiary/aromatic N) is 1. The molecule has 1 heterocycles. The van der Waals surface area contributed by atoms with E-state index in [2.05, 4.69) is 9.88 Å². The lowest BCUT2D eigenvalue weighted by Crippen LogP contribution is -2.20. The summed E-state index contributed by atoms with van der Waals surface area (Å²) in [5.74, 6) is -1.38. The Morgan fingerprint density at radius 2 is 1.50 bits per heavy atom. The smallest absolute Gasteiger partial charge is 0.305 e. The molecule has 0 saturated carbocycles. The van der Waals surface area contributed by atoms with Gasteiger partial charge in [0.1, 0.15) is 5.82 Å². The molecule has 4 aromatic rings. The van der Waals surface area contributed by atoms with Crippen LogP contribution in [-0.2, 0) is 11.3 Å². The highest BCUT2D eigenvalue weighted by Gasteiger charge is 2.26. The van der Waals surface area contributed by atoms with Crippen LogP contribution in [0.25, 0.3) is 22.4 Å². The second-order valence-electron chi connectivity index (χ2n) is 11.1. The minimum Gasteiger partial charge on any atom is -0.481 e. The number of aromatic nitrogens is 1. The van der Waals surface area contributed by atoms with Crippen molar-refractivity contribution in [3.8, 4) is 22.4 Å². The van der Waals surface area contributed by atoms with E-state index < -0.39 is 24.6 Å².